The molecule has 22 heavy (non-hydrogen) atoms. The molecule has 116 valence electrons. The van der Waals surface area contributed by atoms with E-state index in [0.29, 0.717) is 6.42 Å². The van der Waals surface area contributed by atoms with E-state index >= 15 is 0 Å². The normalized spacial score (nSPS) is 13.1. The van der Waals surface area contributed by atoms with Crippen LogP contribution in [0.25, 0.3) is 0 Å². The van der Waals surface area contributed by atoms with Gasteiger partial charge >= 0.3 is 11.9 Å². The van der Waals surface area contributed by atoms with Gasteiger partial charge < -0.3 is 9.47 Å². The van der Waals surface area contributed by atoms with Crippen molar-refractivity contribution in [3.05, 3.63) is 34.9 Å². The summed E-state index contributed by atoms with van der Waals surface area (Å²) >= 11 is 0. The van der Waals surface area contributed by atoms with Gasteiger partial charge in [-0.3, -0.25) is 19.3 Å². The molecule has 0 unspecified atom stereocenters. The molecule has 7 nitrogen and oxygen atoms in total. The Morgan fingerprint density at radius 2 is 1.73 bits per heavy atom. The fourth-order valence-corrected chi connectivity index (χ4v) is 2.22. The first-order chi connectivity index (χ1) is 10.5. The maximum atomic E-state index is 12.3. The molecule has 7 heteroatoms. The third-order valence-corrected chi connectivity index (χ3v) is 3.38. The van der Waals surface area contributed by atoms with E-state index in [1.54, 1.807) is 0 Å². The summed E-state index contributed by atoms with van der Waals surface area (Å²) in [6.07, 6.45) is 0.444. The van der Waals surface area contributed by atoms with Crippen molar-refractivity contribution in [2.45, 2.75) is 12.8 Å². The molecule has 0 spiro atoms. The molecule has 0 N–H and O–H groups in total. The van der Waals surface area contributed by atoms with E-state index in [1.807, 2.05) is 0 Å². The second-order valence-electron chi connectivity index (χ2n) is 4.69. The quantitative estimate of drug-likeness (QED) is 0.596. The Bertz CT molecular complexity index is 651. The van der Waals surface area contributed by atoms with Crippen LogP contribution >= 0.6 is 0 Å². The van der Waals surface area contributed by atoms with Gasteiger partial charge in [0.05, 0.1) is 30.9 Å². The van der Waals surface area contributed by atoms with Crippen molar-refractivity contribution >= 4 is 23.8 Å². The molecule has 0 fully saturated rings. The second kappa shape index (κ2) is 6.38. The molecule has 1 aliphatic heterocycles. The zero-order valence-electron chi connectivity index (χ0n) is 12.3. The van der Waals surface area contributed by atoms with Gasteiger partial charge in [-0.15, -0.1) is 0 Å². The molecule has 0 atom stereocenters. The van der Waals surface area contributed by atoms with Crippen LogP contribution in [0.3, 0.4) is 0 Å². The molecule has 1 heterocycles. The monoisotopic (exact) mass is 305 g/mol. The van der Waals surface area contributed by atoms with Crippen LogP contribution in [0, 0.1) is 0 Å². The van der Waals surface area contributed by atoms with E-state index in [1.165, 1.54) is 32.4 Å². The van der Waals surface area contributed by atoms with E-state index in [0.717, 1.165) is 4.90 Å². The number of hydrogen-bond acceptors (Lipinski definition) is 6. The van der Waals surface area contributed by atoms with Crippen molar-refractivity contribution in [3.63, 3.8) is 0 Å². The molecule has 0 aromatic heterocycles. The molecule has 1 aromatic rings. The Morgan fingerprint density at radius 1 is 1.05 bits per heavy atom. The largest absolute Gasteiger partial charge is 0.469 e. The predicted octanol–water partition coefficient (Wildman–Crippen LogP) is 1.02. The summed E-state index contributed by atoms with van der Waals surface area (Å²) < 4.78 is 9.09. The third kappa shape index (κ3) is 2.83. The molecule has 0 saturated carbocycles. The highest BCUT2D eigenvalue weighted by atomic mass is 16.5. The Labute approximate surface area is 126 Å². The summed E-state index contributed by atoms with van der Waals surface area (Å²) in [7, 11) is 2.51. The number of ether oxygens (including phenoxy) is 2. The van der Waals surface area contributed by atoms with Gasteiger partial charge in [0.2, 0.25) is 0 Å². The predicted molar refractivity (Wildman–Crippen MR) is 74.4 cm³/mol. The molecule has 0 bridgehead atoms. The second-order valence-corrected chi connectivity index (χ2v) is 4.69. The standard InChI is InChI=1S/C15H15NO6/c1-21-12(17)4-3-7-16-13(18)10-6-5-9(15(20)22-2)8-11(10)14(16)19/h5-6,8H,3-4,7H2,1-2H3. The highest BCUT2D eigenvalue weighted by Crippen LogP contribution is 2.24. The topological polar surface area (TPSA) is 90.0 Å². The van der Waals surface area contributed by atoms with Crippen molar-refractivity contribution in [1.29, 1.82) is 0 Å². The molecule has 2 rings (SSSR count). The minimum absolute atomic E-state index is 0.120. The molecule has 0 aliphatic carbocycles. The first-order valence-corrected chi connectivity index (χ1v) is 6.65. The number of fused-ring (bicyclic) bond motifs is 1. The number of amides is 2. The molecular weight excluding hydrogens is 290 g/mol. The van der Waals surface area contributed by atoms with Crippen LogP contribution in [0.2, 0.25) is 0 Å². The SMILES string of the molecule is COC(=O)CCCN1C(=O)c2ccc(C(=O)OC)cc2C1=O. The van der Waals surface area contributed by atoms with Gasteiger partial charge in [0.15, 0.2) is 0 Å². The highest BCUT2D eigenvalue weighted by molar-refractivity contribution is 6.21. The lowest BCUT2D eigenvalue weighted by Gasteiger charge is -2.12. The van der Waals surface area contributed by atoms with E-state index < -0.39 is 23.8 Å². The van der Waals surface area contributed by atoms with E-state index in [-0.39, 0.29) is 29.7 Å². The van der Waals surface area contributed by atoms with Gasteiger partial charge in [0.25, 0.3) is 11.8 Å². The summed E-state index contributed by atoms with van der Waals surface area (Å²) in [6.45, 7) is 0.120. The van der Waals surface area contributed by atoms with Gasteiger partial charge in [-0.25, -0.2) is 4.79 Å². The van der Waals surface area contributed by atoms with E-state index in [9.17, 15) is 19.2 Å². The zero-order chi connectivity index (χ0) is 16.3. The maximum Gasteiger partial charge on any atom is 0.337 e. The van der Waals surface area contributed by atoms with Gasteiger partial charge in [0.1, 0.15) is 0 Å². The highest BCUT2D eigenvalue weighted by Gasteiger charge is 2.35. The minimum atomic E-state index is -0.577. The lowest BCUT2D eigenvalue weighted by atomic mass is 10.1. The molecule has 1 aliphatic rings. The Balaban J connectivity index is 2.15. The number of benzene rings is 1. The van der Waals surface area contributed by atoms with Crippen molar-refractivity contribution in [1.82, 2.24) is 4.90 Å². The summed E-state index contributed by atoms with van der Waals surface area (Å²) in [6, 6.07) is 4.22. The summed E-state index contributed by atoms with van der Waals surface area (Å²) in [5.74, 6) is -1.88. The number of rotatable bonds is 5. The van der Waals surface area contributed by atoms with Crippen molar-refractivity contribution in [2.75, 3.05) is 20.8 Å². The maximum absolute atomic E-state index is 12.3. The number of nitrogens with zero attached hydrogens (tertiary/aromatic N) is 1. The smallest absolute Gasteiger partial charge is 0.337 e. The lowest BCUT2D eigenvalue weighted by molar-refractivity contribution is -0.140. The average Bonchev–Trinajstić information content (AvgIpc) is 2.78. The average molecular weight is 305 g/mol. The lowest BCUT2D eigenvalue weighted by Crippen LogP contribution is -2.31. The van der Waals surface area contributed by atoms with E-state index in [4.69, 9.17) is 0 Å². The number of carbonyl (C=O) groups is 4. The van der Waals surface area contributed by atoms with Crippen LogP contribution in [0.1, 0.15) is 43.9 Å². The van der Waals surface area contributed by atoms with Crippen LogP contribution in [0.5, 0.6) is 0 Å². The van der Waals surface area contributed by atoms with Crippen LogP contribution in [-0.2, 0) is 14.3 Å². The molecule has 1 aromatic carbocycles. The Kier molecular flexibility index (Phi) is 4.55. The zero-order valence-corrected chi connectivity index (χ0v) is 12.3. The van der Waals surface area contributed by atoms with Crippen molar-refractivity contribution in [2.24, 2.45) is 0 Å². The molecule has 0 radical (unpaired) electrons. The fourth-order valence-electron chi connectivity index (χ4n) is 2.22. The van der Waals surface area contributed by atoms with Gasteiger partial charge in [0, 0.05) is 13.0 Å². The van der Waals surface area contributed by atoms with Crippen molar-refractivity contribution < 1.29 is 28.7 Å². The summed E-state index contributed by atoms with van der Waals surface area (Å²) in [4.78, 5) is 48.0. The van der Waals surface area contributed by atoms with Gasteiger partial charge in [-0.05, 0) is 24.6 Å². The first-order valence-electron chi connectivity index (χ1n) is 6.65. The Morgan fingerprint density at radius 3 is 2.36 bits per heavy atom. The van der Waals surface area contributed by atoms with Gasteiger partial charge in [-0.1, -0.05) is 0 Å². The van der Waals surface area contributed by atoms with Crippen LogP contribution in [0.15, 0.2) is 18.2 Å². The first kappa shape index (κ1) is 15.7. The van der Waals surface area contributed by atoms with Crippen LogP contribution < -0.4 is 0 Å². The number of methoxy groups -OCH3 is 2. The minimum Gasteiger partial charge on any atom is -0.469 e. The number of hydrogen-bond donors (Lipinski definition) is 0. The summed E-state index contributed by atoms with van der Waals surface area (Å²) in [5, 5.41) is 0. The Hall–Kier alpha value is -2.70. The van der Waals surface area contributed by atoms with Crippen LogP contribution in [-0.4, -0.2) is 49.4 Å². The summed E-state index contributed by atoms with van der Waals surface area (Å²) in [5.41, 5.74) is 0.625. The van der Waals surface area contributed by atoms with Crippen LogP contribution in [0.4, 0.5) is 0 Å². The molecule has 0 saturated heterocycles. The number of carbonyl (C=O) groups excluding carboxylic acids is 4. The molecule has 2 amide bonds. The molecular formula is C15H15NO6. The number of imide groups is 1. The van der Waals surface area contributed by atoms with Crippen molar-refractivity contribution in [3.8, 4) is 0 Å². The van der Waals surface area contributed by atoms with E-state index in [2.05, 4.69) is 9.47 Å². The fraction of sp³-hybridized carbons (Fsp3) is 0.333. The van der Waals surface area contributed by atoms with Gasteiger partial charge in [-0.2, -0.15) is 0 Å². The number of esters is 2. The third-order valence-electron chi connectivity index (χ3n) is 3.38.